The van der Waals surface area contributed by atoms with Crippen molar-refractivity contribution in [2.45, 2.75) is 64.8 Å². The number of halogens is 3. The number of hydrogen-bond donors (Lipinski definition) is 1. The molecule has 0 saturated heterocycles. The maximum Gasteiger partial charge on any atom is 0.414 e. The second kappa shape index (κ2) is 6.93. The highest BCUT2D eigenvalue weighted by Gasteiger charge is 2.43. The fraction of sp³-hybridized carbons (Fsp3) is 1.00. The Labute approximate surface area is 113 Å². The van der Waals surface area contributed by atoms with Crippen LogP contribution in [0.5, 0.6) is 0 Å². The minimum Gasteiger partial charge on any atom is -0.365 e. The first-order valence-corrected chi connectivity index (χ1v) is 7.18. The third-order valence-electron chi connectivity index (χ3n) is 4.09. The van der Waals surface area contributed by atoms with Crippen LogP contribution in [0.3, 0.4) is 0 Å². The highest BCUT2D eigenvalue weighted by molar-refractivity contribution is 4.83. The Morgan fingerprint density at radius 1 is 1.26 bits per heavy atom. The molecule has 19 heavy (non-hydrogen) atoms. The van der Waals surface area contributed by atoms with Crippen molar-refractivity contribution in [3.05, 3.63) is 0 Å². The molecule has 0 aromatic rings. The van der Waals surface area contributed by atoms with E-state index in [1.807, 2.05) is 0 Å². The molecule has 1 saturated carbocycles. The van der Waals surface area contributed by atoms with Crippen LogP contribution in [0.2, 0.25) is 0 Å². The van der Waals surface area contributed by atoms with E-state index in [4.69, 9.17) is 10.5 Å². The van der Waals surface area contributed by atoms with E-state index in [1.54, 1.807) is 0 Å². The zero-order chi connectivity index (χ0) is 14.6. The van der Waals surface area contributed by atoms with Crippen molar-refractivity contribution < 1.29 is 17.9 Å². The lowest BCUT2D eigenvalue weighted by molar-refractivity contribution is -0.245. The van der Waals surface area contributed by atoms with Gasteiger partial charge < -0.3 is 10.5 Å². The first kappa shape index (κ1) is 16.8. The Kier molecular flexibility index (Phi) is 6.12. The third-order valence-corrected chi connectivity index (χ3v) is 4.09. The second-order valence-electron chi connectivity index (χ2n) is 6.11. The summed E-state index contributed by atoms with van der Waals surface area (Å²) in [5.74, 6) is 1.01. The third kappa shape index (κ3) is 4.95. The molecule has 1 aliphatic carbocycles. The van der Waals surface area contributed by atoms with E-state index in [-0.39, 0.29) is 25.0 Å². The van der Waals surface area contributed by atoms with Crippen LogP contribution in [0.4, 0.5) is 13.2 Å². The first-order chi connectivity index (χ1) is 8.75. The SMILES string of the molecule is CC1CCC(C(C)C)C(OC(CCN)C(F)(F)F)C1. The molecule has 0 aliphatic heterocycles. The van der Waals surface area contributed by atoms with Gasteiger partial charge in [-0.15, -0.1) is 0 Å². The molecular weight excluding hydrogens is 255 g/mol. The Hall–Kier alpha value is -0.290. The number of nitrogens with two attached hydrogens (primary N) is 1. The van der Waals surface area contributed by atoms with Gasteiger partial charge in [0.05, 0.1) is 6.10 Å². The van der Waals surface area contributed by atoms with Gasteiger partial charge in [0.15, 0.2) is 6.10 Å². The van der Waals surface area contributed by atoms with Gasteiger partial charge in [-0.25, -0.2) is 0 Å². The van der Waals surface area contributed by atoms with Crippen LogP contribution in [0.1, 0.15) is 46.5 Å². The monoisotopic (exact) mass is 281 g/mol. The van der Waals surface area contributed by atoms with Gasteiger partial charge in [0.25, 0.3) is 0 Å². The summed E-state index contributed by atoms with van der Waals surface area (Å²) in [4.78, 5) is 0. The molecule has 0 amide bonds. The summed E-state index contributed by atoms with van der Waals surface area (Å²) in [5, 5.41) is 0. The normalized spacial score (nSPS) is 30.6. The molecule has 0 spiro atoms. The molecule has 0 bridgehead atoms. The van der Waals surface area contributed by atoms with E-state index in [0.717, 1.165) is 19.3 Å². The second-order valence-corrected chi connectivity index (χ2v) is 6.11. The lowest BCUT2D eigenvalue weighted by Crippen LogP contribution is -2.42. The highest BCUT2D eigenvalue weighted by atomic mass is 19.4. The zero-order valence-electron chi connectivity index (χ0n) is 12.0. The van der Waals surface area contributed by atoms with E-state index in [9.17, 15) is 13.2 Å². The van der Waals surface area contributed by atoms with Gasteiger partial charge in [0.2, 0.25) is 0 Å². The average molecular weight is 281 g/mol. The van der Waals surface area contributed by atoms with E-state index < -0.39 is 12.3 Å². The molecule has 0 aromatic heterocycles. The maximum absolute atomic E-state index is 12.9. The van der Waals surface area contributed by atoms with Crippen molar-refractivity contribution in [2.75, 3.05) is 6.54 Å². The summed E-state index contributed by atoms with van der Waals surface area (Å²) in [5.41, 5.74) is 5.27. The minimum atomic E-state index is -4.32. The van der Waals surface area contributed by atoms with E-state index in [1.165, 1.54) is 0 Å². The highest BCUT2D eigenvalue weighted by Crippen LogP contribution is 2.38. The zero-order valence-corrected chi connectivity index (χ0v) is 12.0. The summed E-state index contributed by atoms with van der Waals surface area (Å²) in [6.07, 6.45) is -3.72. The molecule has 0 radical (unpaired) electrons. The molecule has 0 heterocycles. The largest absolute Gasteiger partial charge is 0.414 e. The number of rotatable bonds is 5. The molecule has 5 heteroatoms. The van der Waals surface area contributed by atoms with E-state index in [2.05, 4.69) is 20.8 Å². The average Bonchev–Trinajstić information content (AvgIpc) is 2.26. The Morgan fingerprint density at radius 3 is 2.37 bits per heavy atom. The van der Waals surface area contributed by atoms with Crippen LogP contribution in [-0.4, -0.2) is 24.9 Å². The van der Waals surface area contributed by atoms with Crippen LogP contribution < -0.4 is 5.73 Å². The van der Waals surface area contributed by atoms with Crippen molar-refractivity contribution in [2.24, 2.45) is 23.5 Å². The summed E-state index contributed by atoms with van der Waals surface area (Å²) in [6, 6.07) is 0. The van der Waals surface area contributed by atoms with Crippen molar-refractivity contribution in [3.8, 4) is 0 Å². The van der Waals surface area contributed by atoms with Gasteiger partial charge in [-0.05, 0) is 43.6 Å². The topological polar surface area (TPSA) is 35.2 Å². The molecular formula is C14H26F3NO. The van der Waals surface area contributed by atoms with E-state index >= 15 is 0 Å². The van der Waals surface area contributed by atoms with Crippen molar-refractivity contribution in [3.63, 3.8) is 0 Å². The van der Waals surface area contributed by atoms with Crippen LogP contribution in [0.15, 0.2) is 0 Å². The first-order valence-electron chi connectivity index (χ1n) is 7.18. The van der Waals surface area contributed by atoms with Gasteiger partial charge in [0, 0.05) is 0 Å². The van der Waals surface area contributed by atoms with Crippen LogP contribution in [0.25, 0.3) is 0 Å². The molecule has 1 rings (SSSR count). The predicted molar refractivity (Wildman–Crippen MR) is 69.7 cm³/mol. The van der Waals surface area contributed by atoms with Crippen molar-refractivity contribution in [1.82, 2.24) is 0 Å². The van der Waals surface area contributed by atoms with Crippen LogP contribution in [-0.2, 0) is 4.74 Å². The number of hydrogen-bond acceptors (Lipinski definition) is 2. The molecule has 2 nitrogen and oxygen atoms in total. The quantitative estimate of drug-likeness (QED) is 0.833. The van der Waals surface area contributed by atoms with Gasteiger partial charge >= 0.3 is 6.18 Å². The number of ether oxygens (including phenoxy) is 1. The Morgan fingerprint density at radius 2 is 1.89 bits per heavy atom. The van der Waals surface area contributed by atoms with Gasteiger partial charge in [-0.1, -0.05) is 27.2 Å². The fourth-order valence-corrected chi connectivity index (χ4v) is 2.94. The Bertz CT molecular complexity index is 268. The molecule has 0 aromatic carbocycles. The lowest BCUT2D eigenvalue weighted by atomic mass is 9.75. The minimum absolute atomic E-state index is 0.00119. The summed E-state index contributed by atoms with van der Waals surface area (Å²) in [7, 11) is 0. The van der Waals surface area contributed by atoms with Crippen molar-refractivity contribution >= 4 is 0 Å². The summed E-state index contributed by atoms with van der Waals surface area (Å²) >= 11 is 0. The Balaban J connectivity index is 2.73. The smallest absolute Gasteiger partial charge is 0.365 e. The lowest BCUT2D eigenvalue weighted by Gasteiger charge is -2.39. The fourth-order valence-electron chi connectivity index (χ4n) is 2.94. The van der Waals surface area contributed by atoms with E-state index in [0.29, 0.717) is 11.8 Å². The number of alkyl halides is 3. The molecule has 1 aliphatic rings. The van der Waals surface area contributed by atoms with Crippen LogP contribution in [0, 0.1) is 17.8 Å². The summed E-state index contributed by atoms with van der Waals surface area (Å²) < 4.78 is 44.2. The van der Waals surface area contributed by atoms with Crippen molar-refractivity contribution in [1.29, 1.82) is 0 Å². The standard InChI is InChI=1S/C14H26F3NO/c1-9(2)11-5-4-10(3)8-12(11)19-13(6-7-18)14(15,16)17/h9-13H,4-8,18H2,1-3H3. The summed E-state index contributed by atoms with van der Waals surface area (Å²) in [6.45, 7) is 6.20. The molecule has 1 fully saturated rings. The van der Waals surface area contributed by atoms with Gasteiger partial charge in [0.1, 0.15) is 0 Å². The molecule has 2 N–H and O–H groups in total. The predicted octanol–water partition coefficient (Wildman–Crippen LogP) is 3.74. The molecule has 114 valence electrons. The van der Waals surface area contributed by atoms with Gasteiger partial charge in [-0.2, -0.15) is 13.2 Å². The maximum atomic E-state index is 12.9. The molecule has 4 atom stereocenters. The van der Waals surface area contributed by atoms with Gasteiger partial charge in [-0.3, -0.25) is 0 Å². The van der Waals surface area contributed by atoms with Crippen LogP contribution >= 0.6 is 0 Å². The molecule has 4 unspecified atom stereocenters.